The van der Waals surface area contributed by atoms with Gasteiger partial charge in [-0.3, -0.25) is 9.20 Å². The number of fused-ring (bicyclic) bond motifs is 1. The second-order valence-corrected chi connectivity index (χ2v) is 7.45. The van der Waals surface area contributed by atoms with E-state index in [1.54, 1.807) is 22.7 Å². The number of nitrogens with zero attached hydrogens (tertiary/aromatic N) is 3. The number of aryl methyl sites for hydroxylation is 1. The van der Waals surface area contributed by atoms with Crippen LogP contribution in [0.2, 0.25) is 0 Å². The second-order valence-electron chi connectivity index (χ2n) is 7.45. The van der Waals surface area contributed by atoms with E-state index in [2.05, 4.69) is 20.6 Å². The predicted molar refractivity (Wildman–Crippen MR) is 140 cm³/mol. The number of benzene rings is 2. The van der Waals surface area contributed by atoms with E-state index in [4.69, 9.17) is 10.5 Å². The van der Waals surface area contributed by atoms with Gasteiger partial charge < -0.3 is 21.1 Å². The van der Waals surface area contributed by atoms with Gasteiger partial charge in [0, 0.05) is 42.3 Å². The average molecular weight is 539 g/mol. The number of carbonyl (C=O) groups excluding carboxylic acids is 1. The van der Waals surface area contributed by atoms with Crippen LogP contribution in [-0.4, -0.2) is 40.5 Å². The van der Waals surface area contributed by atoms with Gasteiger partial charge in [0.15, 0.2) is 23.0 Å². The van der Waals surface area contributed by atoms with Crippen molar-refractivity contribution in [3.05, 3.63) is 71.7 Å². The predicted octanol–water partition coefficient (Wildman–Crippen LogP) is 4.52. The molecular formula is C24H26Cl2F2N6O2. The standard InChI is InChI=1S/C24H24F2N6O2.2ClH/c1-3-14-12-15(4-5-16(14)24(33)29-9-8-27)31-22-23-30-13-18(32(23)11-10-28-22)17-6-7-19(34-2)21(26)20(17)25;;/h4-7,10-13H,3,8-9,27H2,1-2H3,(H,28,31)(H,29,33);2*1H. The Morgan fingerprint density at radius 3 is 2.61 bits per heavy atom. The Bertz CT molecular complexity index is 1370. The van der Waals surface area contributed by atoms with Gasteiger partial charge in [0.1, 0.15) is 0 Å². The third kappa shape index (κ3) is 5.51. The Balaban J connectivity index is 0.00000228. The van der Waals surface area contributed by atoms with E-state index in [0.29, 0.717) is 47.9 Å². The van der Waals surface area contributed by atoms with E-state index in [1.807, 2.05) is 13.0 Å². The van der Waals surface area contributed by atoms with Crippen LogP contribution < -0.4 is 21.1 Å². The molecule has 0 aliphatic heterocycles. The summed E-state index contributed by atoms with van der Waals surface area (Å²) in [6.07, 6.45) is 5.25. The molecule has 0 spiro atoms. The Kier molecular flexibility index (Phi) is 9.97. The Labute approximate surface area is 219 Å². The number of anilines is 2. The van der Waals surface area contributed by atoms with Crippen molar-refractivity contribution in [3.63, 3.8) is 0 Å². The molecule has 0 saturated carbocycles. The minimum atomic E-state index is -1.06. The number of rotatable bonds is 8. The van der Waals surface area contributed by atoms with E-state index in [-0.39, 0.29) is 42.0 Å². The molecule has 192 valence electrons. The van der Waals surface area contributed by atoms with Crippen molar-refractivity contribution in [1.82, 2.24) is 19.7 Å². The Morgan fingerprint density at radius 2 is 1.92 bits per heavy atom. The summed E-state index contributed by atoms with van der Waals surface area (Å²) in [5.74, 6) is -2.02. The van der Waals surface area contributed by atoms with Crippen LogP contribution in [-0.2, 0) is 6.42 Å². The number of hydrogen-bond acceptors (Lipinski definition) is 6. The van der Waals surface area contributed by atoms with Crippen LogP contribution in [0.25, 0.3) is 16.9 Å². The molecule has 1 amide bonds. The lowest BCUT2D eigenvalue weighted by molar-refractivity contribution is 0.0954. The van der Waals surface area contributed by atoms with Gasteiger partial charge in [-0.05, 0) is 42.3 Å². The van der Waals surface area contributed by atoms with Crippen molar-refractivity contribution in [2.75, 3.05) is 25.5 Å². The van der Waals surface area contributed by atoms with Crippen LogP contribution >= 0.6 is 24.8 Å². The monoisotopic (exact) mass is 538 g/mol. The zero-order valence-electron chi connectivity index (χ0n) is 19.5. The fourth-order valence-electron chi connectivity index (χ4n) is 3.70. The molecule has 2 aromatic heterocycles. The first-order valence-electron chi connectivity index (χ1n) is 10.7. The summed E-state index contributed by atoms with van der Waals surface area (Å²) in [5.41, 5.74) is 8.43. The van der Waals surface area contributed by atoms with Gasteiger partial charge in [-0.15, -0.1) is 24.8 Å². The number of methoxy groups -OCH3 is 1. The molecule has 0 radical (unpaired) electrons. The lowest BCUT2D eigenvalue weighted by Crippen LogP contribution is -2.29. The molecule has 8 nitrogen and oxygen atoms in total. The summed E-state index contributed by atoms with van der Waals surface area (Å²) < 4.78 is 35.4. The maximum Gasteiger partial charge on any atom is 0.251 e. The van der Waals surface area contributed by atoms with Crippen molar-refractivity contribution >= 4 is 47.9 Å². The lowest BCUT2D eigenvalue weighted by Gasteiger charge is -2.13. The number of amides is 1. The van der Waals surface area contributed by atoms with Crippen molar-refractivity contribution in [2.45, 2.75) is 13.3 Å². The van der Waals surface area contributed by atoms with Crippen molar-refractivity contribution < 1.29 is 18.3 Å². The molecule has 0 unspecified atom stereocenters. The van der Waals surface area contributed by atoms with Crippen LogP contribution in [0.5, 0.6) is 5.75 Å². The van der Waals surface area contributed by atoms with Crippen LogP contribution in [0, 0.1) is 11.6 Å². The fraction of sp³-hybridized carbons (Fsp3) is 0.208. The highest BCUT2D eigenvalue weighted by atomic mass is 35.5. The Hall–Kier alpha value is -3.47. The molecule has 4 N–H and O–H groups in total. The largest absolute Gasteiger partial charge is 0.494 e. The summed E-state index contributed by atoms with van der Waals surface area (Å²) >= 11 is 0. The van der Waals surface area contributed by atoms with E-state index < -0.39 is 11.6 Å². The normalized spacial score (nSPS) is 10.4. The van der Waals surface area contributed by atoms with Gasteiger partial charge in [-0.1, -0.05) is 6.92 Å². The van der Waals surface area contributed by atoms with Gasteiger partial charge in [0.05, 0.1) is 19.0 Å². The first-order valence-corrected chi connectivity index (χ1v) is 10.7. The third-order valence-electron chi connectivity index (χ3n) is 5.39. The SMILES string of the molecule is CCc1cc(Nc2nccn3c(-c4ccc(OC)c(F)c4F)cnc23)ccc1C(=O)NCCN.Cl.Cl. The number of halogens is 4. The number of nitrogens with one attached hydrogen (secondary N) is 2. The number of hydrogen-bond donors (Lipinski definition) is 3. The number of aromatic nitrogens is 3. The molecule has 2 aromatic carbocycles. The van der Waals surface area contributed by atoms with Gasteiger partial charge >= 0.3 is 0 Å². The molecule has 4 aromatic rings. The van der Waals surface area contributed by atoms with Crippen molar-refractivity contribution in [2.24, 2.45) is 5.73 Å². The highest BCUT2D eigenvalue weighted by Gasteiger charge is 2.19. The molecule has 0 fully saturated rings. The quantitative estimate of drug-likeness (QED) is 0.304. The van der Waals surface area contributed by atoms with Gasteiger partial charge in [-0.25, -0.2) is 14.4 Å². The fourth-order valence-corrected chi connectivity index (χ4v) is 3.70. The molecule has 4 rings (SSSR count). The average Bonchev–Trinajstić information content (AvgIpc) is 3.29. The number of imidazole rings is 1. The topological polar surface area (TPSA) is 107 Å². The molecular weight excluding hydrogens is 513 g/mol. The third-order valence-corrected chi connectivity index (χ3v) is 5.39. The van der Waals surface area contributed by atoms with Gasteiger partial charge in [0.2, 0.25) is 5.82 Å². The zero-order valence-corrected chi connectivity index (χ0v) is 21.2. The highest BCUT2D eigenvalue weighted by Crippen LogP contribution is 2.31. The van der Waals surface area contributed by atoms with E-state index >= 15 is 0 Å². The number of ether oxygens (including phenoxy) is 1. The summed E-state index contributed by atoms with van der Waals surface area (Å²) in [5, 5.41) is 5.98. The van der Waals surface area contributed by atoms with E-state index in [0.717, 1.165) is 5.56 Å². The first kappa shape index (κ1) is 28.8. The Morgan fingerprint density at radius 1 is 1.14 bits per heavy atom. The smallest absolute Gasteiger partial charge is 0.251 e. The summed E-state index contributed by atoms with van der Waals surface area (Å²) in [7, 11) is 1.28. The lowest BCUT2D eigenvalue weighted by atomic mass is 10.0. The number of nitrogens with two attached hydrogens (primary N) is 1. The molecule has 12 heteroatoms. The minimum absolute atomic E-state index is 0. The van der Waals surface area contributed by atoms with Gasteiger partial charge in [0.25, 0.3) is 5.91 Å². The van der Waals surface area contributed by atoms with Gasteiger partial charge in [-0.2, -0.15) is 4.39 Å². The van der Waals surface area contributed by atoms with Crippen LogP contribution in [0.4, 0.5) is 20.3 Å². The summed E-state index contributed by atoms with van der Waals surface area (Å²) in [4.78, 5) is 21.1. The molecule has 0 aliphatic rings. The zero-order chi connectivity index (χ0) is 24.2. The maximum atomic E-state index is 14.7. The second kappa shape index (κ2) is 12.5. The minimum Gasteiger partial charge on any atom is -0.494 e. The van der Waals surface area contributed by atoms with Crippen LogP contribution in [0.15, 0.2) is 48.9 Å². The van der Waals surface area contributed by atoms with Crippen LogP contribution in [0.3, 0.4) is 0 Å². The molecule has 0 bridgehead atoms. The van der Waals surface area contributed by atoms with Crippen LogP contribution in [0.1, 0.15) is 22.8 Å². The van der Waals surface area contributed by atoms with E-state index in [1.165, 1.54) is 31.6 Å². The molecule has 36 heavy (non-hydrogen) atoms. The van der Waals surface area contributed by atoms with Crippen molar-refractivity contribution in [3.8, 4) is 17.0 Å². The van der Waals surface area contributed by atoms with Crippen molar-refractivity contribution in [1.29, 1.82) is 0 Å². The molecule has 0 saturated heterocycles. The summed E-state index contributed by atoms with van der Waals surface area (Å²) in [6, 6.07) is 8.18. The molecule has 2 heterocycles. The summed E-state index contributed by atoms with van der Waals surface area (Å²) in [6.45, 7) is 2.72. The maximum absolute atomic E-state index is 14.7. The molecule has 0 atom stereocenters. The number of carbonyl (C=O) groups is 1. The van der Waals surface area contributed by atoms with E-state index in [9.17, 15) is 13.6 Å². The first-order chi connectivity index (χ1) is 16.5. The molecule has 0 aliphatic carbocycles. The highest BCUT2D eigenvalue weighted by molar-refractivity contribution is 5.96.